The molecule has 8 heteroatoms. The molecule has 2 aliphatic carbocycles. The number of hydrogen-bond donors (Lipinski definition) is 0. The average molecular weight is 436 g/mol. The summed E-state index contributed by atoms with van der Waals surface area (Å²) in [6.45, 7) is 6.16. The maximum atomic E-state index is 9.87. The number of rotatable bonds is 1. The van der Waals surface area contributed by atoms with Crippen molar-refractivity contribution in [3.8, 4) is 11.8 Å². The van der Waals surface area contributed by atoms with Crippen LogP contribution in [0.2, 0.25) is 0 Å². The molecule has 0 aromatic heterocycles. The maximum absolute atomic E-state index is 10.7. The summed E-state index contributed by atoms with van der Waals surface area (Å²) in [5.41, 5.74) is 15.5. The van der Waals surface area contributed by atoms with E-state index in [0.717, 1.165) is 11.1 Å². The molecule has 1 radical (unpaired) electrons. The van der Waals surface area contributed by atoms with E-state index in [1.165, 1.54) is 0 Å². The largest absolute Gasteiger partial charge is 2.00 e. The summed E-state index contributed by atoms with van der Waals surface area (Å²) in [5, 5.41) is 0. The van der Waals surface area contributed by atoms with Gasteiger partial charge >= 0.3 is 52.5 Å². The molecule has 0 aromatic rings. The van der Waals surface area contributed by atoms with Gasteiger partial charge in [-0.3, -0.25) is 11.5 Å². The first-order valence-corrected chi connectivity index (χ1v) is 7.74. The molecule has 2 rings (SSSR count). The molecule has 0 atom stereocenters. The van der Waals surface area contributed by atoms with Crippen LogP contribution in [-0.4, -0.2) is 0 Å². The summed E-state index contributed by atoms with van der Waals surface area (Å²) < 4.78 is 59.2. The Hall–Kier alpha value is -1.43. The van der Waals surface area contributed by atoms with Gasteiger partial charge in [-0.1, -0.05) is 37.2 Å². The van der Waals surface area contributed by atoms with Gasteiger partial charge in [-0.15, -0.1) is 12.2 Å². The Morgan fingerprint density at radius 3 is 1.65 bits per heavy atom. The number of allylic oxidation sites excluding steroid dienone is 4. The van der Waals surface area contributed by atoms with Gasteiger partial charge in [-0.05, 0) is 12.8 Å². The van der Waals surface area contributed by atoms with Crippen LogP contribution in [0.1, 0.15) is 20.8 Å². The molecule has 0 heterocycles. The number of halogens is 6. The standard InChI is InChI=1S/C10H10.C5.F6P.Ru/c1-8(2)10-6-4-9(3)5-7-10;1-2-4-5-3-1;1-7(2,3,4,5)6;/h8H,1-3H3;;;/q;2*-1;+2. The second-order valence-electron chi connectivity index (χ2n) is 4.28. The van der Waals surface area contributed by atoms with Gasteiger partial charge < -0.3 is 0 Å². The molecule has 0 bridgehead atoms. The molecule has 0 saturated carbocycles. The van der Waals surface area contributed by atoms with Crippen LogP contribution >= 0.6 is 7.81 Å². The van der Waals surface area contributed by atoms with Crippen molar-refractivity contribution in [3.63, 3.8) is 0 Å². The molecule has 0 aliphatic heterocycles. The Kier molecular flexibility index (Phi) is 8.19. The van der Waals surface area contributed by atoms with Crippen LogP contribution in [0.4, 0.5) is 25.2 Å². The molecule has 2 aliphatic rings. The molecule has 0 saturated heterocycles. The second kappa shape index (κ2) is 7.91. The van der Waals surface area contributed by atoms with E-state index in [0.29, 0.717) is 5.92 Å². The van der Waals surface area contributed by atoms with E-state index in [1.54, 1.807) is 0 Å². The van der Waals surface area contributed by atoms with Gasteiger partial charge in [0.05, 0.1) is 5.57 Å². The molecule has 125 valence electrons. The van der Waals surface area contributed by atoms with Crippen molar-refractivity contribution in [2.45, 2.75) is 20.8 Å². The van der Waals surface area contributed by atoms with Gasteiger partial charge in [-0.2, -0.15) is 0 Å². The molecule has 0 amide bonds. The number of hydrogen-bond acceptors (Lipinski definition) is 0. The van der Waals surface area contributed by atoms with Crippen LogP contribution in [0.5, 0.6) is 0 Å². The van der Waals surface area contributed by atoms with E-state index in [-0.39, 0.29) is 19.5 Å². The summed E-state index contributed by atoms with van der Waals surface area (Å²) in [4.78, 5) is 0. The summed E-state index contributed by atoms with van der Waals surface area (Å²) in [7, 11) is -10.7. The van der Waals surface area contributed by atoms with E-state index in [4.69, 9.17) is 0 Å². The Morgan fingerprint density at radius 1 is 0.913 bits per heavy atom. The van der Waals surface area contributed by atoms with Crippen molar-refractivity contribution in [1.29, 1.82) is 0 Å². The first kappa shape index (κ1) is 23.8. The topological polar surface area (TPSA) is 0 Å². The van der Waals surface area contributed by atoms with Crippen molar-refractivity contribution in [2.24, 2.45) is 5.92 Å². The Labute approximate surface area is 143 Å². The third kappa shape index (κ3) is 23.0. The fraction of sp³-hybridized carbons (Fsp3) is 0.267. The van der Waals surface area contributed by atoms with Crippen molar-refractivity contribution in [3.05, 3.63) is 52.0 Å². The zero-order valence-corrected chi connectivity index (χ0v) is 14.8. The second-order valence-corrected chi connectivity index (χ2v) is 6.19. The van der Waals surface area contributed by atoms with Gasteiger partial charge in [0.1, 0.15) is 0 Å². The van der Waals surface area contributed by atoms with Gasteiger partial charge in [0, 0.05) is 5.57 Å². The zero-order chi connectivity index (χ0) is 17.5. The summed E-state index contributed by atoms with van der Waals surface area (Å²) in [5.74, 6) is 6.47. The van der Waals surface area contributed by atoms with Gasteiger partial charge in [0.25, 0.3) is 0 Å². The third-order valence-corrected chi connectivity index (χ3v) is 1.66. The van der Waals surface area contributed by atoms with E-state index in [2.05, 4.69) is 66.5 Å². The van der Waals surface area contributed by atoms with Crippen LogP contribution in [-0.2, 0) is 19.5 Å². The predicted molar refractivity (Wildman–Crippen MR) is 72.9 cm³/mol. The minimum absolute atomic E-state index is 0. The van der Waals surface area contributed by atoms with Crippen LogP contribution in [0.25, 0.3) is 0 Å². The molecule has 0 fully saturated rings. The molecule has 0 aromatic carbocycles. The zero-order valence-electron chi connectivity index (χ0n) is 12.1. The normalized spacial score (nSPS) is 15.6. The van der Waals surface area contributed by atoms with E-state index < -0.39 is 7.81 Å². The van der Waals surface area contributed by atoms with E-state index >= 15 is 0 Å². The Bertz CT molecular complexity index is 715. The minimum atomic E-state index is -10.7. The summed E-state index contributed by atoms with van der Waals surface area (Å²) in [6, 6.07) is 0. The Balaban J connectivity index is 0. The SMILES string of the molecule is CC1=C=C=C(C(C)C)C#C1.F[P-](F)(F)(F)(F)F.[C]1=C=C=C=[C-]1.[Ru+2]. The molecule has 23 heavy (non-hydrogen) atoms. The first-order valence-electron chi connectivity index (χ1n) is 5.71. The van der Waals surface area contributed by atoms with E-state index in [9.17, 15) is 25.2 Å². The average Bonchev–Trinajstić information content (AvgIpc) is 2.83. The van der Waals surface area contributed by atoms with Gasteiger partial charge in [0.15, 0.2) is 0 Å². The molecular formula is C15H10F6PRu. The van der Waals surface area contributed by atoms with Gasteiger partial charge in [0.2, 0.25) is 0 Å². The Morgan fingerprint density at radius 2 is 1.43 bits per heavy atom. The molecule has 0 N–H and O–H groups in total. The van der Waals surface area contributed by atoms with Gasteiger partial charge in [-0.25, -0.2) is 5.73 Å². The van der Waals surface area contributed by atoms with Crippen molar-refractivity contribution < 1.29 is 44.7 Å². The van der Waals surface area contributed by atoms with Crippen LogP contribution in [0.3, 0.4) is 0 Å². The smallest absolute Gasteiger partial charge is 0.288 e. The molecular weight excluding hydrogens is 426 g/mol. The monoisotopic (exact) mass is 437 g/mol. The minimum Gasteiger partial charge on any atom is -0.288 e. The predicted octanol–water partition coefficient (Wildman–Crippen LogP) is 6.29. The van der Waals surface area contributed by atoms with Crippen molar-refractivity contribution >= 4 is 7.81 Å². The molecule has 0 unspecified atom stereocenters. The third-order valence-electron chi connectivity index (χ3n) is 1.66. The fourth-order valence-electron chi connectivity index (χ4n) is 0.830. The van der Waals surface area contributed by atoms with Crippen LogP contribution in [0.15, 0.2) is 39.8 Å². The van der Waals surface area contributed by atoms with E-state index in [1.807, 2.05) is 6.92 Å². The van der Waals surface area contributed by atoms with Crippen LogP contribution in [0, 0.1) is 29.9 Å². The first-order chi connectivity index (χ1) is 9.65. The molecule has 0 nitrogen and oxygen atoms in total. The molecule has 0 spiro atoms. The summed E-state index contributed by atoms with van der Waals surface area (Å²) in [6.07, 6.45) is 5.00. The quantitative estimate of drug-likeness (QED) is 0.113. The van der Waals surface area contributed by atoms with Crippen molar-refractivity contribution in [1.82, 2.24) is 0 Å². The van der Waals surface area contributed by atoms with Crippen molar-refractivity contribution in [2.75, 3.05) is 0 Å². The van der Waals surface area contributed by atoms with Crippen LogP contribution < -0.4 is 0 Å². The fourth-order valence-corrected chi connectivity index (χ4v) is 0.830. The maximum Gasteiger partial charge on any atom is 2.00 e. The summed E-state index contributed by atoms with van der Waals surface area (Å²) >= 11 is 0.